The fourth-order valence-corrected chi connectivity index (χ4v) is 3.49. The van der Waals surface area contributed by atoms with Gasteiger partial charge in [-0.1, -0.05) is 0 Å². The molecule has 106 valence electrons. The topological polar surface area (TPSA) is 116 Å². The predicted octanol–water partition coefficient (Wildman–Crippen LogP) is 0.247. The van der Waals surface area contributed by atoms with E-state index in [-0.39, 0.29) is 16.3 Å². The SMILES string of the molecule is COc1ccc(S(N)(=O)=O)cc1NS(=O)(=O)C1CC1. The van der Waals surface area contributed by atoms with E-state index in [4.69, 9.17) is 9.88 Å². The molecule has 0 atom stereocenters. The van der Waals surface area contributed by atoms with Gasteiger partial charge in [-0.05, 0) is 31.0 Å². The van der Waals surface area contributed by atoms with Crippen LogP contribution in [0.15, 0.2) is 23.1 Å². The minimum Gasteiger partial charge on any atom is -0.495 e. The van der Waals surface area contributed by atoms with Gasteiger partial charge in [-0.2, -0.15) is 0 Å². The highest BCUT2D eigenvalue weighted by Crippen LogP contribution is 2.33. The zero-order chi connectivity index (χ0) is 14.3. The molecule has 1 aromatic rings. The van der Waals surface area contributed by atoms with Gasteiger partial charge in [-0.3, -0.25) is 4.72 Å². The molecular formula is C10H14N2O5S2. The summed E-state index contributed by atoms with van der Waals surface area (Å²) in [5, 5.41) is 4.59. The Labute approximate surface area is 111 Å². The van der Waals surface area contributed by atoms with Gasteiger partial charge in [0.2, 0.25) is 20.0 Å². The highest BCUT2D eigenvalue weighted by atomic mass is 32.2. The number of nitrogens with two attached hydrogens (primary N) is 1. The Balaban J connectivity index is 2.42. The molecule has 2 rings (SSSR count). The van der Waals surface area contributed by atoms with Gasteiger partial charge >= 0.3 is 0 Å². The summed E-state index contributed by atoms with van der Waals surface area (Å²) in [5.41, 5.74) is 0.0703. The zero-order valence-electron chi connectivity index (χ0n) is 10.2. The normalized spacial score (nSPS) is 16.1. The molecular weight excluding hydrogens is 292 g/mol. The van der Waals surface area contributed by atoms with E-state index in [1.807, 2.05) is 0 Å². The van der Waals surface area contributed by atoms with Crippen LogP contribution < -0.4 is 14.6 Å². The number of rotatable bonds is 5. The van der Waals surface area contributed by atoms with Crippen LogP contribution in [0.2, 0.25) is 0 Å². The van der Waals surface area contributed by atoms with Crippen molar-refractivity contribution in [1.29, 1.82) is 0 Å². The number of anilines is 1. The van der Waals surface area contributed by atoms with Crippen LogP contribution in [0.25, 0.3) is 0 Å². The Morgan fingerprint density at radius 2 is 1.89 bits per heavy atom. The average Bonchev–Trinajstić information content (AvgIpc) is 3.11. The second-order valence-electron chi connectivity index (χ2n) is 4.25. The third kappa shape index (κ3) is 3.17. The molecule has 0 aliphatic heterocycles. The lowest BCUT2D eigenvalue weighted by Crippen LogP contribution is -2.19. The molecule has 0 spiro atoms. The first kappa shape index (κ1) is 14.1. The second-order valence-corrected chi connectivity index (χ2v) is 7.78. The van der Waals surface area contributed by atoms with E-state index in [1.54, 1.807) is 0 Å². The number of ether oxygens (including phenoxy) is 1. The summed E-state index contributed by atoms with van der Waals surface area (Å²) in [6.07, 6.45) is 1.21. The fourth-order valence-electron chi connectivity index (χ4n) is 1.56. The molecule has 1 aliphatic carbocycles. The lowest BCUT2D eigenvalue weighted by Gasteiger charge is -2.12. The third-order valence-corrected chi connectivity index (χ3v) is 5.48. The molecule has 0 bridgehead atoms. The smallest absolute Gasteiger partial charge is 0.238 e. The first-order valence-electron chi connectivity index (χ1n) is 5.46. The summed E-state index contributed by atoms with van der Waals surface area (Å²) in [5.74, 6) is 0.233. The molecule has 0 radical (unpaired) electrons. The fraction of sp³-hybridized carbons (Fsp3) is 0.400. The summed E-state index contributed by atoms with van der Waals surface area (Å²) in [7, 11) is -6.04. The van der Waals surface area contributed by atoms with Crippen molar-refractivity contribution >= 4 is 25.7 Å². The maximum atomic E-state index is 11.8. The molecule has 1 saturated carbocycles. The van der Waals surface area contributed by atoms with Gasteiger partial charge in [0.25, 0.3) is 0 Å². The van der Waals surface area contributed by atoms with Crippen LogP contribution in [0, 0.1) is 0 Å². The first-order valence-corrected chi connectivity index (χ1v) is 8.56. The number of sulfonamides is 2. The molecule has 0 aromatic heterocycles. The quantitative estimate of drug-likeness (QED) is 0.809. The van der Waals surface area contributed by atoms with Crippen LogP contribution in [-0.2, 0) is 20.0 Å². The molecule has 9 heteroatoms. The molecule has 19 heavy (non-hydrogen) atoms. The van der Waals surface area contributed by atoms with E-state index in [1.165, 1.54) is 19.2 Å². The molecule has 0 heterocycles. The standard InChI is InChI=1S/C10H14N2O5S2/c1-17-10-5-4-8(18(11,13)14)6-9(10)12-19(15,16)7-2-3-7/h4-7,12H,2-3H2,1H3,(H2,11,13,14). The number of hydrogen-bond acceptors (Lipinski definition) is 5. The number of nitrogens with one attached hydrogen (secondary N) is 1. The average molecular weight is 306 g/mol. The van der Waals surface area contributed by atoms with Crippen molar-refractivity contribution < 1.29 is 21.6 Å². The lowest BCUT2D eigenvalue weighted by molar-refractivity contribution is 0.416. The van der Waals surface area contributed by atoms with E-state index in [0.717, 1.165) is 6.07 Å². The Kier molecular flexibility index (Phi) is 3.45. The maximum absolute atomic E-state index is 11.8. The van der Waals surface area contributed by atoms with E-state index in [0.29, 0.717) is 12.8 Å². The first-order chi connectivity index (χ1) is 8.74. The third-order valence-electron chi connectivity index (χ3n) is 2.71. The monoisotopic (exact) mass is 306 g/mol. The van der Waals surface area contributed by atoms with Gasteiger partial charge in [-0.25, -0.2) is 22.0 Å². The Morgan fingerprint density at radius 3 is 2.37 bits per heavy atom. The maximum Gasteiger partial charge on any atom is 0.238 e. The molecule has 0 saturated heterocycles. The van der Waals surface area contributed by atoms with Gasteiger partial charge in [0.05, 0.1) is 22.9 Å². The molecule has 0 unspecified atom stereocenters. The minimum atomic E-state index is -3.90. The van der Waals surface area contributed by atoms with Crippen LogP contribution >= 0.6 is 0 Å². The van der Waals surface area contributed by atoms with Crippen LogP contribution in [0.3, 0.4) is 0 Å². The van der Waals surface area contributed by atoms with Gasteiger partial charge in [-0.15, -0.1) is 0 Å². The highest BCUT2D eigenvalue weighted by molar-refractivity contribution is 7.93. The van der Waals surface area contributed by atoms with Crippen molar-refractivity contribution in [1.82, 2.24) is 0 Å². The number of benzene rings is 1. The highest BCUT2D eigenvalue weighted by Gasteiger charge is 2.36. The lowest BCUT2D eigenvalue weighted by atomic mass is 10.3. The minimum absolute atomic E-state index is 0.0703. The number of primary sulfonamides is 1. The van der Waals surface area contributed by atoms with Gasteiger partial charge in [0.15, 0.2) is 0 Å². The Bertz CT molecular complexity index is 693. The van der Waals surface area contributed by atoms with Crippen molar-refractivity contribution in [3.63, 3.8) is 0 Å². The van der Waals surface area contributed by atoms with Crippen LogP contribution in [-0.4, -0.2) is 29.2 Å². The Morgan fingerprint density at radius 1 is 1.26 bits per heavy atom. The predicted molar refractivity (Wildman–Crippen MR) is 69.9 cm³/mol. The molecule has 3 N–H and O–H groups in total. The van der Waals surface area contributed by atoms with E-state index in [9.17, 15) is 16.8 Å². The van der Waals surface area contributed by atoms with Crippen molar-refractivity contribution in [3.05, 3.63) is 18.2 Å². The van der Waals surface area contributed by atoms with E-state index >= 15 is 0 Å². The van der Waals surface area contributed by atoms with Crippen LogP contribution in [0.5, 0.6) is 5.75 Å². The zero-order valence-corrected chi connectivity index (χ0v) is 11.8. The van der Waals surface area contributed by atoms with E-state index in [2.05, 4.69) is 4.72 Å². The van der Waals surface area contributed by atoms with Crippen molar-refractivity contribution in [3.8, 4) is 5.75 Å². The summed E-state index contributed by atoms with van der Waals surface area (Å²) < 4.78 is 53.5. The van der Waals surface area contributed by atoms with Crippen molar-refractivity contribution in [2.24, 2.45) is 5.14 Å². The number of hydrogen-bond donors (Lipinski definition) is 2. The van der Waals surface area contributed by atoms with Gasteiger partial charge in [0, 0.05) is 0 Å². The summed E-state index contributed by atoms with van der Waals surface area (Å²) in [4.78, 5) is -0.179. The summed E-state index contributed by atoms with van der Waals surface area (Å²) >= 11 is 0. The number of methoxy groups -OCH3 is 1. The molecule has 1 aliphatic rings. The second kappa shape index (κ2) is 4.66. The van der Waals surface area contributed by atoms with Crippen molar-refractivity contribution in [2.75, 3.05) is 11.8 Å². The van der Waals surface area contributed by atoms with Gasteiger partial charge in [0.1, 0.15) is 5.75 Å². The largest absolute Gasteiger partial charge is 0.495 e. The van der Waals surface area contributed by atoms with Gasteiger partial charge < -0.3 is 4.74 Å². The summed E-state index contributed by atoms with van der Waals surface area (Å²) in [6.45, 7) is 0. The summed E-state index contributed by atoms with van der Waals surface area (Å²) in [6, 6.07) is 3.75. The van der Waals surface area contributed by atoms with E-state index < -0.39 is 25.3 Å². The molecule has 1 aromatic carbocycles. The van der Waals surface area contributed by atoms with Crippen molar-refractivity contribution in [2.45, 2.75) is 23.0 Å². The van der Waals surface area contributed by atoms with Crippen LogP contribution in [0.4, 0.5) is 5.69 Å². The van der Waals surface area contributed by atoms with Crippen LogP contribution in [0.1, 0.15) is 12.8 Å². The molecule has 7 nitrogen and oxygen atoms in total. The molecule has 0 amide bonds. The molecule has 1 fully saturated rings. The Hall–Kier alpha value is -1.32.